The zero-order valence-corrected chi connectivity index (χ0v) is 13.3. The van der Waals surface area contributed by atoms with E-state index in [1.807, 2.05) is 0 Å². The Labute approximate surface area is 119 Å². The van der Waals surface area contributed by atoms with Gasteiger partial charge in [0.15, 0.2) is 5.66 Å². The zero-order chi connectivity index (χ0) is 15.6. The van der Waals surface area contributed by atoms with Crippen molar-refractivity contribution >= 4 is 19.5 Å². The SMILES string of the molecule is CCOC(=O)CC(C(=O)OCC)P(=O)(OCC)OCC. The van der Waals surface area contributed by atoms with Gasteiger partial charge in [0.05, 0.1) is 32.8 Å². The van der Waals surface area contributed by atoms with Gasteiger partial charge in [-0.1, -0.05) is 0 Å². The molecule has 7 nitrogen and oxygen atoms in total. The standard InChI is InChI=1S/C12H23O7P/c1-5-16-11(13)9-10(12(14)17-6-2)20(15,18-7-3)19-8-4/h10H,5-9H2,1-4H3. The molecule has 1 unspecified atom stereocenters. The molecule has 0 aromatic heterocycles. The third-order valence-electron chi connectivity index (χ3n) is 2.22. The van der Waals surface area contributed by atoms with Gasteiger partial charge < -0.3 is 18.5 Å². The van der Waals surface area contributed by atoms with Crippen molar-refractivity contribution in [3.63, 3.8) is 0 Å². The molecule has 0 aliphatic carbocycles. The number of carbonyl (C=O) groups excluding carboxylic acids is 2. The summed E-state index contributed by atoms with van der Waals surface area (Å²) >= 11 is 0. The third-order valence-corrected chi connectivity index (χ3v) is 4.62. The minimum atomic E-state index is -3.77. The van der Waals surface area contributed by atoms with Gasteiger partial charge in [-0.25, -0.2) is 0 Å². The summed E-state index contributed by atoms with van der Waals surface area (Å²) < 4.78 is 32.4. The lowest BCUT2D eigenvalue weighted by Crippen LogP contribution is -2.29. The predicted molar refractivity (Wildman–Crippen MR) is 72.5 cm³/mol. The van der Waals surface area contributed by atoms with Crippen LogP contribution in [0.4, 0.5) is 0 Å². The summed E-state index contributed by atoms with van der Waals surface area (Å²) in [7, 11) is -3.77. The Balaban J connectivity index is 5.19. The molecule has 118 valence electrons. The van der Waals surface area contributed by atoms with Crippen molar-refractivity contribution in [1.82, 2.24) is 0 Å². The average Bonchev–Trinajstić information content (AvgIpc) is 2.37. The van der Waals surface area contributed by atoms with E-state index in [4.69, 9.17) is 18.5 Å². The summed E-state index contributed by atoms with van der Waals surface area (Å²) in [5.41, 5.74) is -1.30. The molecule has 0 aromatic rings. The molecule has 0 fully saturated rings. The Morgan fingerprint density at radius 2 is 1.40 bits per heavy atom. The first-order valence-corrected chi connectivity index (χ1v) is 8.27. The molecule has 0 saturated heterocycles. The van der Waals surface area contributed by atoms with Crippen LogP contribution < -0.4 is 0 Å². The Hall–Kier alpha value is -0.910. The van der Waals surface area contributed by atoms with Gasteiger partial charge in [-0.2, -0.15) is 0 Å². The van der Waals surface area contributed by atoms with Crippen LogP contribution in [0.2, 0.25) is 0 Å². The van der Waals surface area contributed by atoms with Gasteiger partial charge in [0.25, 0.3) is 0 Å². The molecule has 0 bridgehead atoms. The lowest BCUT2D eigenvalue weighted by molar-refractivity contribution is -0.149. The molecule has 1 atom stereocenters. The first kappa shape index (κ1) is 19.1. The Morgan fingerprint density at radius 1 is 0.900 bits per heavy atom. The van der Waals surface area contributed by atoms with Crippen LogP contribution in [0.5, 0.6) is 0 Å². The largest absolute Gasteiger partial charge is 0.466 e. The molecule has 0 spiro atoms. The van der Waals surface area contributed by atoms with E-state index in [0.717, 1.165) is 0 Å². The molecule has 8 heteroatoms. The Kier molecular flexibility index (Phi) is 9.46. The molecular formula is C12H23O7P. The van der Waals surface area contributed by atoms with Crippen molar-refractivity contribution in [2.45, 2.75) is 39.8 Å². The van der Waals surface area contributed by atoms with Crippen molar-refractivity contribution in [3.8, 4) is 0 Å². The van der Waals surface area contributed by atoms with Crippen molar-refractivity contribution in [2.75, 3.05) is 26.4 Å². The Morgan fingerprint density at radius 3 is 1.80 bits per heavy atom. The fourth-order valence-corrected chi connectivity index (χ4v) is 3.38. The predicted octanol–water partition coefficient (Wildman–Crippen LogP) is 2.14. The van der Waals surface area contributed by atoms with E-state index < -0.39 is 31.6 Å². The number of hydrogen-bond acceptors (Lipinski definition) is 7. The zero-order valence-electron chi connectivity index (χ0n) is 12.4. The third kappa shape index (κ3) is 6.03. The molecule has 20 heavy (non-hydrogen) atoms. The lowest BCUT2D eigenvalue weighted by atomic mass is 10.3. The van der Waals surface area contributed by atoms with Crippen molar-refractivity contribution < 1.29 is 32.7 Å². The van der Waals surface area contributed by atoms with E-state index in [1.54, 1.807) is 27.7 Å². The summed E-state index contributed by atoms with van der Waals surface area (Å²) in [5, 5.41) is 0. The summed E-state index contributed by atoms with van der Waals surface area (Å²) in [6.45, 7) is 6.97. The molecule has 0 saturated carbocycles. The number of carbonyl (C=O) groups is 2. The highest BCUT2D eigenvalue weighted by Crippen LogP contribution is 2.54. The molecule has 0 aliphatic rings. The molecule has 0 radical (unpaired) electrons. The Bertz CT molecular complexity index is 346. The van der Waals surface area contributed by atoms with E-state index in [0.29, 0.717) is 0 Å². The highest BCUT2D eigenvalue weighted by atomic mass is 31.2. The summed E-state index contributed by atoms with van der Waals surface area (Å²) in [6.07, 6.45) is -0.399. The van der Waals surface area contributed by atoms with Crippen LogP contribution >= 0.6 is 7.60 Å². The van der Waals surface area contributed by atoms with E-state index in [9.17, 15) is 14.2 Å². The fraction of sp³-hybridized carbons (Fsp3) is 0.833. The van der Waals surface area contributed by atoms with Crippen LogP contribution in [0.3, 0.4) is 0 Å². The second-order valence-electron chi connectivity index (χ2n) is 3.65. The van der Waals surface area contributed by atoms with Gasteiger partial charge >= 0.3 is 19.5 Å². The number of hydrogen-bond donors (Lipinski definition) is 0. The molecule has 0 rings (SSSR count). The second-order valence-corrected chi connectivity index (χ2v) is 5.87. The molecule has 0 heterocycles. The quantitative estimate of drug-likeness (QED) is 0.451. The van der Waals surface area contributed by atoms with E-state index in [-0.39, 0.29) is 26.4 Å². The summed E-state index contributed by atoms with van der Waals surface area (Å²) in [5.74, 6) is -1.43. The fourth-order valence-electron chi connectivity index (χ4n) is 1.52. The van der Waals surface area contributed by atoms with Crippen molar-refractivity contribution in [3.05, 3.63) is 0 Å². The monoisotopic (exact) mass is 310 g/mol. The van der Waals surface area contributed by atoms with E-state index in [1.165, 1.54) is 0 Å². The highest BCUT2D eigenvalue weighted by molar-refractivity contribution is 7.55. The molecule has 0 amide bonds. The van der Waals surface area contributed by atoms with Crippen LogP contribution in [-0.2, 0) is 32.7 Å². The van der Waals surface area contributed by atoms with Crippen molar-refractivity contribution in [1.29, 1.82) is 0 Å². The minimum absolute atomic E-state index is 0.0933. The van der Waals surface area contributed by atoms with Gasteiger partial charge in [0.1, 0.15) is 0 Å². The molecule has 0 aromatic carbocycles. The second kappa shape index (κ2) is 9.91. The van der Waals surface area contributed by atoms with E-state index in [2.05, 4.69) is 0 Å². The van der Waals surface area contributed by atoms with Gasteiger partial charge in [-0.05, 0) is 27.7 Å². The van der Waals surface area contributed by atoms with Gasteiger partial charge in [-0.15, -0.1) is 0 Å². The summed E-state index contributed by atoms with van der Waals surface area (Å²) in [4.78, 5) is 23.5. The average molecular weight is 310 g/mol. The highest BCUT2D eigenvalue weighted by Gasteiger charge is 2.44. The first-order valence-electron chi connectivity index (χ1n) is 6.66. The van der Waals surface area contributed by atoms with Gasteiger partial charge in [0, 0.05) is 0 Å². The maximum atomic E-state index is 12.6. The number of esters is 2. The number of ether oxygens (including phenoxy) is 2. The van der Waals surface area contributed by atoms with Crippen LogP contribution in [0.1, 0.15) is 34.1 Å². The molecule has 0 aliphatic heterocycles. The maximum Gasteiger partial charge on any atom is 0.345 e. The van der Waals surface area contributed by atoms with Crippen LogP contribution in [-0.4, -0.2) is 44.0 Å². The van der Waals surface area contributed by atoms with E-state index >= 15 is 0 Å². The van der Waals surface area contributed by atoms with Gasteiger partial charge in [0.2, 0.25) is 0 Å². The first-order chi connectivity index (χ1) is 9.45. The van der Waals surface area contributed by atoms with Crippen LogP contribution in [0.15, 0.2) is 0 Å². The summed E-state index contributed by atoms with van der Waals surface area (Å²) in [6, 6.07) is 0. The topological polar surface area (TPSA) is 88.1 Å². The normalized spacial score (nSPS) is 12.8. The van der Waals surface area contributed by atoms with Gasteiger partial charge in [-0.3, -0.25) is 14.2 Å². The van der Waals surface area contributed by atoms with Crippen LogP contribution in [0, 0.1) is 0 Å². The lowest BCUT2D eigenvalue weighted by Gasteiger charge is -2.24. The van der Waals surface area contributed by atoms with Crippen molar-refractivity contribution in [2.24, 2.45) is 0 Å². The maximum absolute atomic E-state index is 12.6. The smallest absolute Gasteiger partial charge is 0.345 e. The molecular weight excluding hydrogens is 287 g/mol. The van der Waals surface area contributed by atoms with Crippen LogP contribution in [0.25, 0.3) is 0 Å². The minimum Gasteiger partial charge on any atom is -0.466 e. The number of rotatable bonds is 10. The molecule has 0 N–H and O–H groups in total.